The van der Waals surface area contributed by atoms with Crippen LogP contribution in [0.3, 0.4) is 0 Å². The van der Waals surface area contributed by atoms with E-state index in [4.69, 9.17) is 11.6 Å². The number of nitrogens with one attached hydrogen (secondary N) is 3. The van der Waals surface area contributed by atoms with Gasteiger partial charge in [-0.15, -0.1) is 0 Å². The first-order valence-electron chi connectivity index (χ1n) is 6.40. The van der Waals surface area contributed by atoms with Gasteiger partial charge in [-0.3, -0.25) is 4.79 Å². The molecule has 0 saturated carbocycles. The Hall–Kier alpha value is -2.09. The van der Waals surface area contributed by atoms with Crippen molar-refractivity contribution in [1.29, 1.82) is 0 Å². The Bertz CT molecular complexity index is 821. The van der Waals surface area contributed by atoms with Crippen LogP contribution in [0.1, 0.15) is 0 Å². The minimum absolute atomic E-state index is 0.116. The third-order valence-corrected chi connectivity index (χ3v) is 4.86. The predicted molar refractivity (Wildman–Crippen MR) is 84.3 cm³/mol. The van der Waals surface area contributed by atoms with Gasteiger partial charge < -0.3 is 10.6 Å². The first-order chi connectivity index (χ1) is 10.5. The van der Waals surface area contributed by atoms with E-state index >= 15 is 0 Å². The zero-order valence-corrected chi connectivity index (χ0v) is 12.8. The summed E-state index contributed by atoms with van der Waals surface area (Å²) in [5.74, 6) is -0.514. The molecule has 2 aromatic rings. The second kappa shape index (κ2) is 5.60. The van der Waals surface area contributed by atoms with Crippen molar-refractivity contribution < 1.29 is 13.2 Å². The fourth-order valence-electron chi connectivity index (χ4n) is 2.09. The van der Waals surface area contributed by atoms with E-state index in [0.717, 1.165) is 0 Å². The van der Waals surface area contributed by atoms with Gasteiger partial charge in [-0.1, -0.05) is 23.7 Å². The number of hydrogen-bond donors (Lipinski definition) is 3. The molecule has 22 heavy (non-hydrogen) atoms. The molecule has 1 unspecified atom stereocenters. The Kier molecular flexibility index (Phi) is 3.78. The summed E-state index contributed by atoms with van der Waals surface area (Å²) in [5, 5.41) is 6.02. The Balaban J connectivity index is 1.82. The number of hydrogen-bond acceptors (Lipinski definition) is 4. The van der Waals surface area contributed by atoms with Gasteiger partial charge in [0.25, 0.3) is 5.91 Å². The Morgan fingerprint density at radius 2 is 1.77 bits per heavy atom. The molecule has 1 amide bonds. The number of rotatable bonds is 2. The van der Waals surface area contributed by atoms with Gasteiger partial charge in [0.15, 0.2) is 6.17 Å². The molecule has 6 nitrogen and oxygen atoms in total. The zero-order chi connectivity index (χ0) is 15.7. The average molecular weight is 338 g/mol. The molecule has 0 aliphatic carbocycles. The second-order valence-electron chi connectivity index (χ2n) is 4.69. The maximum atomic E-state index is 12.2. The lowest BCUT2D eigenvalue weighted by atomic mass is 10.3. The third kappa shape index (κ3) is 2.92. The summed E-state index contributed by atoms with van der Waals surface area (Å²) in [6.07, 6.45) is -1.09. The summed E-state index contributed by atoms with van der Waals surface area (Å²) in [6.45, 7) is 0. The summed E-state index contributed by atoms with van der Waals surface area (Å²) in [5.41, 5.74) is 0.909. The molecule has 3 rings (SSSR count). The van der Waals surface area contributed by atoms with Gasteiger partial charge in [0.2, 0.25) is 10.0 Å². The van der Waals surface area contributed by atoms with Crippen molar-refractivity contribution in [3.8, 4) is 0 Å². The fourth-order valence-corrected chi connectivity index (χ4v) is 3.49. The van der Waals surface area contributed by atoms with Crippen molar-refractivity contribution in [2.75, 3.05) is 10.6 Å². The van der Waals surface area contributed by atoms with Crippen molar-refractivity contribution in [2.24, 2.45) is 0 Å². The molecule has 1 atom stereocenters. The largest absolute Gasteiger partial charge is 0.360 e. The van der Waals surface area contributed by atoms with E-state index in [1.54, 1.807) is 42.5 Å². The normalized spacial score (nSPS) is 18.9. The number of sulfonamides is 1. The maximum absolute atomic E-state index is 12.2. The van der Waals surface area contributed by atoms with Gasteiger partial charge in [-0.05, 0) is 36.4 Å². The summed E-state index contributed by atoms with van der Waals surface area (Å²) >= 11 is 5.77. The van der Waals surface area contributed by atoms with Crippen LogP contribution in [0.25, 0.3) is 0 Å². The molecule has 0 bridgehead atoms. The molecule has 1 aliphatic heterocycles. The van der Waals surface area contributed by atoms with Crippen LogP contribution >= 0.6 is 11.6 Å². The van der Waals surface area contributed by atoms with Gasteiger partial charge in [0.1, 0.15) is 4.90 Å². The summed E-state index contributed by atoms with van der Waals surface area (Å²) < 4.78 is 26.6. The molecule has 0 spiro atoms. The first-order valence-corrected chi connectivity index (χ1v) is 8.26. The number of anilines is 2. The molecule has 0 saturated heterocycles. The SMILES string of the molecule is O=C(Nc1ccc(Cl)cc1)C1Nc2ccccc2S(=O)(=O)N1. The van der Waals surface area contributed by atoms with E-state index in [9.17, 15) is 13.2 Å². The molecule has 114 valence electrons. The standard InChI is InChI=1S/C14H12ClN3O3S/c15-9-5-7-10(8-6-9)16-14(19)13-17-11-3-1-2-4-12(11)22(20,21)18-13/h1-8,13,17-18H,(H,16,19). The lowest BCUT2D eigenvalue weighted by Gasteiger charge is -2.27. The Morgan fingerprint density at radius 1 is 1.09 bits per heavy atom. The molecule has 0 aromatic heterocycles. The number of fused-ring (bicyclic) bond motifs is 1. The van der Waals surface area contributed by atoms with E-state index in [2.05, 4.69) is 15.4 Å². The van der Waals surface area contributed by atoms with Crippen molar-refractivity contribution in [1.82, 2.24) is 4.72 Å². The quantitative estimate of drug-likeness (QED) is 0.782. The van der Waals surface area contributed by atoms with Crippen LogP contribution in [-0.4, -0.2) is 20.5 Å². The molecule has 1 aliphatic rings. The van der Waals surface area contributed by atoms with Crippen LogP contribution in [0.4, 0.5) is 11.4 Å². The van der Waals surface area contributed by atoms with Crippen LogP contribution in [0.15, 0.2) is 53.4 Å². The lowest BCUT2D eigenvalue weighted by molar-refractivity contribution is -0.117. The topological polar surface area (TPSA) is 87.3 Å². The van der Waals surface area contributed by atoms with Gasteiger partial charge in [-0.2, -0.15) is 4.72 Å². The van der Waals surface area contributed by atoms with Gasteiger partial charge in [-0.25, -0.2) is 8.42 Å². The average Bonchev–Trinajstić information content (AvgIpc) is 2.49. The zero-order valence-electron chi connectivity index (χ0n) is 11.2. The van der Waals surface area contributed by atoms with Gasteiger partial charge in [0, 0.05) is 10.7 Å². The highest BCUT2D eigenvalue weighted by molar-refractivity contribution is 7.89. The minimum Gasteiger partial charge on any atom is -0.360 e. The van der Waals surface area contributed by atoms with E-state index in [-0.39, 0.29) is 4.90 Å². The molecular formula is C14H12ClN3O3S. The fraction of sp³-hybridized carbons (Fsp3) is 0.0714. The molecule has 3 N–H and O–H groups in total. The maximum Gasteiger partial charge on any atom is 0.262 e. The van der Waals surface area contributed by atoms with Crippen molar-refractivity contribution >= 4 is 38.9 Å². The molecule has 8 heteroatoms. The van der Waals surface area contributed by atoms with Crippen LogP contribution in [0.2, 0.25) is 5.02 Å². The molecule has 0 fully saturated rings. The van der Waals surface area contributed by atoms with Crippen LogP contribution < -0.4 is 15.4 Å². The lowest BCUT2D eigenvalue weighted by Crippen LogP contribution is -2.51. The van der Waals surface area contributed by atoms with E-state index in [1.165, 1.54) is 6.07 Å². The van der Waals surface area contributed by atoms with Crippen molar-refractivity contribution in [3.05, 3.63) is 53.6 Å². The smallest absolute Gasteiger partial charge is 0.262 e. The third-order valence-electron chi connectivity index (χ3n) is 3.12. The Labute approximate surface area is 132 Å². The van der Waals surface area contributed by atoms with Crippen LogP contribution in [0.5, 0.6) is 0 Å². The molecule has 2 aromatic carbocycles. The highest BCUT2D eigenvalue weighted by Crippen LogP contribution is 2.25. The highest BCUT2D eigenvalue weighted by Gasteiger charge is 2.32. The van der Waals surface area contributed by atoms with E-state index < -0.39 is 22.1 Å². The van der Waals surface area contributed by atoms with E-state index in [0.29, 0.717) is 16.4 Å². The summed E-state index contributed by atoms with van der Waals surface area (Å²) in [6, 6.07) is 12.9. The molecule has 1 heterocycles. The number of carbonyl (C=O) groups excluding carboxylic acids is 1. The molecular weight excluding hydrogens is 326 g/mol. The number of amides is 1. The van der Waals surface area contributed by atoms with Crippen LogP contribution in [0, 0.1) is 0 Å². The number of halogens is 1. The minimum atomic E-state index is -3.73. The monoisotopic (exact) mass is 337 g/mol. The van der Waals surface area contributed by atoms with Crippen molar-refractivity contribution in [3.63, 3.8) is 0 Å². The Morgan fingerprint density at radius 3 is 2.50 bits per heavy atom. The molecule has 0 radical (unpaired) electrons. The van der Waals surface area contributed by atoms with E-state index in [1.807, 2.05) is 0 Å². The number of benzene rings is 2. The highest BCUT2D eigenvalue weighted by atomic mass is 35.5. The summed E-state index contributed by atoms with van der Waals surface area (Å²) in [7, 11) is -3.73. The van der Waals surface area contributed by atoms with Gasteiger partial charge in [0.05, 0.1) is 5.69 Å². The summed E-state index contributed by atoms with van der Waals surface area (Å²) in [4.78, 5) is 12.3. The van der Waals surface area contributed by atoms with Crippen LogP contribution in [-0.2, 0) is 14.8 Å². The number of para-hydroxylation sites is 1. The predicted octanol–water partition coefficient (Wildman–Crippen LogP) is 2.01. The second-order valence-corrected chi connectivity index (χ2v) is 6.81. The number of carbonyl (C=O) groups is 1. The first kappa shape index (κ1) is 14.8. The van der Waals surface area contributed by atoms with Gasteiger partial charge >= 0.3 is 0 Å². The van der Waals surface area contributed by atoms with Crippen molar-refractivity contribution in [2.45, 2.75) is 11.1 Å².